The number of carbonyl (C=O) groups excluding carboxylic acids is 3. The van der Waals surface area contributed by atoms with E-state index in [9.17, 15) is 14.4 Å². The molecule has 0 aliphatic heterocycles. The van der Waals surface area contributed by atoms with Gasteiger partial charge in [-0.05, 0) is 20.3 Å². The molecule has 1 unspecified atom stereocenters. The molecule has 5 heteroatoms. The Hall–Kier alpha value is -1.39. The Kier molecular flexibility index (Phi) is 6.33. The van der Waals surface area contributed by atoms with E-state index in [-0.39, 0.29) is 30.5 Å². The van der Waals surface area contributed by atoms with E-state index >= 15 is 0 Å². The van der Waals surface area contributed by atoms with Gasteiger partial charge in [0.2, 0.25) is 5.91 Å². The van der Waals surface area contributed by atoms with E-state index in [1.165, 1.54) is 13.8 Å². The Morgan fingerprint density at radius 3 is 2.27 bits per heavy atom. The van der Waals surface area contributed by atoms with Crippen molar-refractivity contribution in [2.24, 2.45) is 0 Å². The fourth-order valence-corrected chi connectivity index (χ4v) is 1.12. The van der Waals surface area contributed by atoms with E-state index in [0.29, 0.717) is 6.61 Å². The third-order valence-corrected chi connectivity index (χ3v) is 1.81. The average Bonchev–Trinajstić information content (AvgIpc) is 2.11. The summed E-state index contributed by atoms with van der Waals surface area (Å²) in [7, 11) is 0. The van der Waals surface area contributed by atoms with Crippen LogP contribution in [0.25, 0.3) is 0 Å². The first kappa shape index (κ1) is 13.6. The highest BCUT2D eigenvalue weighted by atomic mass is 16.5. The molecule has 0 heterocycles. The number of ketones is 1. The molecule has 1 amide bonds. The van der Waals surface area contributed by atoms with E-state index in [0.717, 1.165) is 0 Å². The van der Waals surface area contributed by atoms with Crippen molar-refractivity contribution < 1.29 is 19.1 Å². The predicted octanol–water partition coefficient (Wildman–Crippen LogP) is 0.423. The van der Waals surface area contributed by atoms with Gasteiger partial charge in [0.25, 0.3) is 0 Å². The lowest BCUT2D eigenvalue weighted by molar-refractivity contribution is -0.143. The lowest BCUT2D eigenvalue weighted by Crippen LogP contribution is -2.38. The molecule has 1 N–H and O–H groups in total. The lowest BCUT2D eigenvalue weighted by atomic mass is 10.1. The van der Waals surface area contributed by atoms with Gasteiger partial charge in [-0.1, -0.05) is 0 Å². The van der Waals surface area contributed by atoms with Gasteiger partial charge in [-0.15, -0.1) is 0 Å². The smallest absolute Gasteiger partial charge is 0.305 e. The van der Waals surface area contributed by atoms with Crippen molar-refractivity contribution in [2.45, 2.75) is 39.7 Å². The number of rotatable bonds is 6. The molecule has 0 saturated heterocycles. The summed E-state index contributed by atoms with van der Waals surface area (Å²) < 4.78 is 4.71. The van der Waals surface area contributed by atoms with Crippen molar-refractivity contribution >= 4 is 17.7 Å². The fraction of sp³-hybridized carbons (Fsp3) is 0.700. The van der Waals surface area contributed by atoms with Crippen LogP contribution >= 0.6 is 0 Å². The predicted molar refractivity (Wildman–Crippen MR) is 54.2 cm³/mol. The van der Waals surface area contributed by atoms with E-state index in [1.54, 1.807) is 6.92 Å². The molecule has 0 radical (unpaired) electrons. The number of nitrogens with one attached hydrogen (secondary N) is 1. The summed E-state index contributed by atoms with van der Waals surface area (Å²) in [6.45, 7) is 4.75. The summed E-state index contributed by atoms with van der Waals surface area (Å²) >= 11 is 0. The first-order chi connectivity index (χ1) is 6.97. The molecule has 0 fully saturated rings. The van der Waals surface area contributed by atoms with Crippen LogP contribution in [0.3, 0.4) is 0 Å². The summed E-state index contributed by atoms with van der Waals surface area (Å²) in [5.41, 5.74) is 0. The number of hydrogen-bond acceptors (Lipinski definition) is 4. The zero-order valence-corrected chi connectivity index (χ0v) is 9.33. The minimum Gasteiger partial charge on any atom is -0.466 e. The van der Waals surface area contributed by atoms with Crippen LogP contribution in [0.4, 0.5) is 0 Å². The molecular weight excluding hydrogens is 198 g/mol. The second-order valence-corrected chi connectivity index (χ2v) is 3.21. The van der Waals surface area contributed by atoms with Crippen LogP contribution in [0.5, 0.6) is 0 Å². The average molecular weight is 215 g/mol. The highest BCUT2D eigenvalue weighted by Crippen LogP contribution is 2.00. The Morgan fingerprint density at radius 1 is 1.27 bits per heavy atom. The Morgan fingerprint density at radius 2 is 1.87 bits per heavy atom. The van der Waals surface area contributed by atoms with Crippen molar-refractivity contribution in [2.75, 3.05) is 6.61 Å². The van der Waals surface area contributed by atoms with Gasteiger partial charge in [0, 0.05) is 13.3 Å². The van der Waals surface area contributed by atoms with Gasteiger partial charge in [0.05, 0.1) is 12.6 Å². The lowest BCUT2D eigenvalue weighted by Gasteiger charge is -2.13. The Labute approximate surface area is 89.2 Å². The molecule has 0 spiro atoms. The van der Waals surface area contributed by atoms with Gasteiger partial charge >= 0.3 is 5.97 Å². The van der Waals surface area contributed by atoms with Crippen LogP contribution in [-0.4, -0.2) is 30.3 Å². The number of hydrogen-bond donors (Lipinski definition) is 1. The van der Waals surface area contributed by atoms with Crippen LogP contribution in [0.1, 0.15) is 33.6 Å². The molecule has 0 rings (SSSR count). The first-order valence-corrected chi connectivity index (χ1v) is 4.90. The highest BCUT2D eigenvalue weighted by Gasteiger charge is 2.16. The van der Waals surface area contributed by atoms with E-state index in [1.807, 2.05) is 0 Å². The van der Waals surface area contributed by atoms with Gasteiger partial charge in [-0.25, -0.2) is 0 Å². The maximum absolute atomic E-state index is 11.1. The molecule has 0 bridgehead atoms. The van der Waals surface area contributed by atoms with Gasteiger partial charge in [0.15, 0.2) is 5.78 Å². The largest absolute Gasteiger partial charge is 0.466 e. The van der Waals surface area contributed by atoms with Crippen LogP contribution < -0.4 is 5.32 Å². The number of Topliss-reactive ketones (excluding diaryl/α,β-unsaturated/α-hetero) is 1. The van der Waals surface area contributed by atoms with Crippen molar-refractivity contribution in [3.05, 3.63) is 0 Å². The molecule has 0 aliphatic rings. The molecule has 5 nitrogen and oxygen atoms in total. The highest BCUT2D eigenvalue weighted by molar-refractivity contribution is 5.87. The monoisotopic (exact) mass is 215 g/mol. The van der Waals surface area contributed by atoms with Crippen LogP contribution in [0, 0.1) is 0 Å². The maximum Gasteiger partial charge on any atom is 0.305 e. The zero-order valence-electron chi connectivity index (χ0n) is 9.33. The summed E-state index contributed by atoms with van der Waals surface area (Å²) in [6.07, 6.45) is 0.423. The number of esters is 1. The van der Waals surface area contributed by atoms with Crippen LogP contribution in [0.15, 0.2) is 0 Å². The molecule has 0 aromatic rings. The molecule has 0 aromatic carbocycles. The van der Waals surface area contributed by atoms with E-state index < -0.39 is 6.04 Å². The second kappa shape index (κ2) is 6.98. The second-order valence-electron chi connectivity index (χ2n) is 3.21. The van der Waals surface area contributed by atoms with Gasteiger partial charge in [0.1, 0.15) is 0 Å². The van der Waals surface area contributed by atoms with Gasteiger partial charge < -0.3 is 10.1 Å². The van der Waals surface area contributed by atoms with Crippen molar-refractivity contribution in [1.82, 2.24) is 5.32 Å². The minimum atomic E-state index is -0.591. The molecule has 86 valence electrons. The Balaban J connectivity index is 4.01. The number of carbonyl (C=O) groups is 3. The maximum atomic E-state index is 11.1. The fourth-order valence-electron chi connectivity index (χ4n) is 1.12. The number of amides is 1. The third kappa shape index (κ3) is 6.65. The summed E-state index contributed by atoms with van der Waals surface area (Å²) in [5, 5.41) is 2.48. The van der Waals surface area contributed by atoms with Gasteiger partial charge in [-0.2, -0.15) is 0 Å². The van der Waals surface area contributed by atoms with Crippen LogP contribution in [0.2, 0.25) is 0 Å². The summed E-state index contributed by atoms with van der Waals surface area (Å²) in [6, 6.07) is -0.591. The normalized spacial score (nSPS) is 11.7. The van der Waals surface area contributed by atoms with Gasteiger partial charge in [-0.3, -0.25) is 14.4 Å². The van der Waals surface area contributed by atoms with Crippen LogP contribution in [-0.2, 0) is 19.1 Å². The standard InChI is InChI=1S/C10H17NO4/c1-4-15-10(14)6-5-9(7(2)12)11-8(3)13/h9H,4-6H2,1-3H3,(H,11,13). The van der Waals surface area contributed by atoms with E-state index in [4.69, 9.17) is 4.74 Å². The molecular formula is C10H17NO4. The third-order valence-electron chi connectivity index (χ3n) is 1.81. The first-order valence-electron chi connectivity index (χ1n) is 4.90. The molecule has 0 aromatic heterocycles. The van der Waals surface area contributed by atoms with Crippen molar-refractivity contribution in [3.8, 4) is 0 Å². The summed E-state index contributed by atoms with van der Waals surface area (Å²) in [5.74, 6) is -0.789. The molecule has 0 saturated carbocycles. The number of ether oxygens (including phenoxy) is 1. The molecule has 15 heavy (non-hydrogen) atoms. The van der Waals surface area contributed by atoms with Crippen molar-refractivity contribution in [1.29, 1.82) is 0 Å². The topological polar surface area (TPSA) is 72.5 Å². The quantitative estimate of drug-likeness (QED) is 0.652. The summed E-state index contributed by atoms with van der Waals surface area (Å²) in [4.78, 5) is 32.8. The van der Waals surface area contributed by atoms with E-state index in [2.05, 4.69) is 5.32 Å². The molecule has 0 aliphatic carbocycles. The Bertz CT molecular complexity index is 250. The SMILES string of the molecule is CCOC(=O)CCC(NC(C)=O)C(C)=O. The molecule has 1 atom stereocenters. The minimum absolute atomic E-state index is 0.137. The zero-order chi connectivity index (χ0) is 11.8. The van der Waals surface area contributed by atoms with Crippen molar-refractivity contribution in [3.63, 3.8) is 0 Å².